The van der Waals surface area contributed by atoms with Gasteiger partial charge in [-0.1, -0.05) is 11.8 Å². The molecule has 0 fully saturated rings. The van der Waals surface area contributed by atoms with Crippen molar-refractivity contribution >= 4 is 62.8 Å². The molecule has 174 valence electrons. The van der Waals surface area contributed by atoms with Crippen LogP contribution in [-0.2, 0) is 28.7 Å². The number of amides is 2. The molecule has 2 N–H and O–H groups in total. The number of hydrogen-bond acceptors (Lipinski definition) is 9. The van der Waals surface area contributed by atoms with Gasteiger partial charge in [0.25, 0.3) is 0 Å². The number of nitrogens with one attached hydrogen (secondary N) is 2. The normalized spacial score (nSPS) is 12.2. The fourth-order valence-electron chi connectivity index (χ4n) is 2.59. The molecular weight excluding hydrogens is 454 g/mol. The third kappa shape index (κ3) is 8.83. The number of thiazole rings is 1. The minimum absolute atomic E-state index is 0.283. The van der Waals surface area contributed by atoms with Crippen molar-refractivity contribution < 1.29 is 28.7 Å². The number of hydrogen-bond donors (Lipinski definition) is 2. The molecular formula is C21H27N3O6S2. The summed E-state index contributed by atoms with van der Waals surface area (Å²) in [5.41, 5.74) is 0.594. The van der Waals surface area contributed by atoms with Crippen LogP contribution in [0.15, 0.2) is 22.5 Å². The van der Waals surface area contributed by atoms with Crippen molar-refractivity contribution in [2.45, 2.75) is 57.0 Å². The summed E-state index contributed by atoms with van der Waals surface area (Å²) in [5.74, 6) is -1.27. The monoisotopic (exact) mass is 481 g/mol. The van der Waals surface area contributed by atoms with Gasteiger partial charge in [0.05, 0.1) is 16.6 Å². The number of nitrogens with zero attached hydrogens (tertiary/aromatic N) is 1. The van der Waals surface area contributed by atoms with Crippen LogP contribution in [0.2, 0.25) is 0 Å². The van der Waals surface area contributed by atoms with Crippen LogP contribution < -0.4 is 10.6 Å². The number of thioether (sulfide) groups is 1. The Morgan fingerprint density at radius 2 is 1.91 bits per heavy atom. The van der Waals surface area contributed by atoms with Gasteiger partial charge in [-0.25, -0.2) is 4.98 Å². The van der Waals surface area contributed by atoms with Gasteiger partial charge in [-0.05, 0) is 39.0 Å². The lowest BCUT2D eigenvalue weighted by Gasteiger charge is -2.22. The molecule has 0 aliphatic rings. The van der Waals surface area contributed by atoms with E-state index in [1.54, 1.807) is 39.0 Å². The van der Waals surface area contributed by atoms with Gasteiger partial charge in [0.15, 0.2) is 4.34 Å². The minimum atomic E-state index is -1.06. The Labute approximate surface area is 194 Å². The molecule has 0 aliphatic heterocycles. The van der Waals surface area contributed by atoms with Crippen LogP contribution in [-0.4, -0.2) is 52.7 Å². The van der Waals surface area contributed by atoms with Crippen LogP contribution in [0.4, 0.5) is 5.69 Å². The van der Waals surface area contributed by atoms with Gasteiger partial charge in [-0.2, -0.15) is 0 Å². The zero-order valence-corrected chi connectivity index (χ0v) is 20.3. The molecule has 2 aromatic rings. The zero-order chi connectivity index (χ0) is 23.9. The Hall–Kier alpha value is -2.66. The number of carbonyl (C=O) groups is 4. The lowest BCUT2D eigenvalue weighted by Crippen LogP contribution is -2.45. The topological polar surface area (TPSA) is 124 Å². The van der Waals surface area contributed by atoms with Crippen molar-refractivity contribution in [1.29, 1.82) is 0 Å². The van der Waals surface area contributed by atoms with Gasteiger partial charge in [0, 0.05) is 25.3 Å². The Kier molecular flexibility index (Phi) is 9.02. The summed E-state index contributed by atoms with van der Waals surface area (Å²) in [6.07, 6.45) is -0.283. The molecule has 2 amide bonds. The Morgan fingerprint density at radius 1 is 1.19 bits per heavy atom. The highest BCUT2D eigenvalue weighted by molar-refractivity contribution is 8.01. The van der Waals surface area contributed by atoms with E-state index in [-0.39, 0.29) is 12.4 Å². The van der Waals surface area contributed by atoms with Crippen LogP contribution in [0.25, 0.3) is 10.2 Å². The van der Waals surface area contributed by atoms with E-state index in [9.17, 15) is 19.2 Å². The summed E-state index contributed by atoms with van der Waals surface area (Å²) < 4.78 is 11.8. The fraction of sp³-hybridized carbons (Fsp3) is 0.476. The summed E-state index contributed by atoms with van der Waals surface area (Å²) >= 11 is 2.92. The summed E-state index contributed by atoms with van der Waals surface area (Å²) in [5, 5.41) is 5.23. The van der Waals surface area contributed by atoms with Crippen LogP contribution in [0.3, 0.4) is 0 Å². The molecule has 0 aliphatic carbocycles. The van der Waals surface area contributed by atoms with Crippen molar-refractivity contribution in [3.63, 3.8) is 0 Å². The molecule has 1 aromatic carbocycles. The van der Waals surface area contributed by atoms with Crippen molar-refractivity contribution in [2.24, 2.45) is 0 Å². The Bertz CT molecular complexity index is 999. The summed E-state index contributed by atoms with van der Waals surface area (Å²) in [6.45, 7) is 8.13. The van der Waals surface area contributed by atoms with Gasteiger partial charge in [0.1, 0.15) is 18.2 Å². The standard InChI is InChI=1S/C21H27N3O6S2/c1-12(25)22-16(11-18(27)30-21(3,4)5)19(28)23-14-6-7-15-17(10-14)32-20(24-15)31-9-8-29-13(2)26/h6-7,10,16H,8-9,11H2,1-5H3,(H,22,25)(H,23,28). The van der Waals surface area contributed by atoms with Gasteiger partial charge in [0.2, 0.25) is 11.8 Å². The molecule has 32 heavy (non-hydrogen) atoms. The van der Waals surface area contributed by atoms with Crippen molar-refractivity contribution in [3.8, 4) is 0 Å². The van der Waals surface area contributed by atoms with E-state index < -0.39 is 29.4 Å². The maximum Gasteiger partial charge on any atom is 0.308 e. The highest BCUT2D eigenvalue weighted by atomic mass is 32.2. The number of ether oxygens (including phenoxy) is 2. The van der Waals surface area contributed by atoms with Gasteiger partial charge < -0.3 is 20.1 Å². The smallest absolute Gasteiger partial charge is 0.308 e. The third-order valence-electron chi connectivity index (χ3n) is 3.74. The molecule has 1 atom stereocenters. The lowest BCUT2D eigenvalue weighted by atomic mass is 10.1. The quantitative estimate of drug-likeness (QED) is 0.318. The SMILES string of the molecule is CC(=O)NC(CC(=O)OC(C)(C)C)C(=O)Nc1ccc2nc(SCCOC(C)=O)sc2c1. The van der Waals surface area contributed by atoms with Crippen LogP contribution in [0.5, 0.6) is 0 Å². The molecule has 2 rings (SSSR count). The number of rotatable bonds is 9. The summed E-state index contributed by atoms with van der Waals surface area (Å²) in [7, 11) is 0. The number of benzene rings is 1. The van der Waals surface area contributed by atoms with E-state index in [4.69, 9.17) is 9.47 Å². The van der Waals surface area contributed by atoms with E-state index in [0.29, 0.717) is 18.0 Å². The number of carbonyl (C=O) groups excluding carboxylic acids is 4. The maximum atomic E-state index is 12.7. The molecule has 0 spiro atoms. The lowest BCUT2D eigenvalue weighted by molar-refractivity contribution is -0.156. The molecule has 11 heteroatoms. The predicted molar refractivity (Wildman–Crippen MR) is 124 cm³/mol. The van der Waals surface area contributed by atoms with E-state index >= 15 is 0 Å². The van der Waals surface area contributed by atoms with Crippen LogP contribution in [0.1, 0.15) is 41.0 Å². The zero-order valence-electron chi connectivity index (χ0n) is 18.6. The largest absolute Gasteiger partial charge is 0.465 e. The van der Waals surface area contributed by atoms with E-state index in [1.165, 1.54) is 36.9 Å². The fourth-order valence-corrected chi connectivity index (χ4v) is 4.59. The van der Waals surface area contributed by atoms with E-state index in [2.05, 4.69) is 15.6 Å². The van der Waals surface area contributed by atoms with Crippen LogP contribution in [0, 0.1) is 0 Å². The predicted octanol–water partition coefficient (Wildman–Crippen LogP) is 3.13. The highest BCUT2D eigenvalue weighted by Gasteiger charge is 2.26. The second kappa shape index (κ2) is 11.3. The summed E-state index contributed by atoms with van der Waals surface area (Å²) in [6, 6.07) is 4.19. The molecule has 1 aromatic heterocycles. The first-order chi connectivity index (χ1) is 14.9. The molecule has 0 saturated carbocycles. The first kappa shape index (κ1) is 25.6. The molecule has 0 radical (unpaired) electrons. The van der Waals surface area contributed by atoms with E-state index in [1.807, 2.05) is 0 Å². The molecule has 9 nitrogen and oxygen atoms in total. The van der Waals surface area contributed by atoms with Gasteiger partial charge >= 0.3 is 11.9 Å². The number of aromatic nitrogens is 1. The second-order valence-corrected chi connectivity index (χ2v) is 10.3. The molecule has 1 heterocycles. The number of esters is 2. The first-order valence-electron chi connectivity index (χ1n) is 9.89. The van der Waals surface area contributed by atoms with Gasteiger partial charge in [-0.15, -0.1) is 11.3 Å². The molecule has 0 saturated heterocycles. The molecule has 1 unspecified atom stereocenters. The van der Waals surface area contributed by atoms with Crippen molar-refractivity contribution in [3.05, 3.63) is 18.2 Å². The van der Waals surface area contributed by atoms with E-state index in [0.717, 1.165) is 14.6 Å². The summed E-state index contributed by atoms with van der Waals surface area (Å²) in [4.78, 5) is 51.7. The average Bonchev–Trinajstić information content (AvgIpc) is 3.04. The van der Waals surface area contributed by atoms with Crippen molar-refractivity contribution in [2.75, 3.05) is 17.7 Å². The maximum absolute atomic E-state index is 12.7. The Balaban J connectivity index is 2.04. The van der Waals surface area contributed by atoms with Gasteiger partial charge in [-0.3, -0.25) is 19.2 Å². The highest BCUT2D eigenvalue weighted by Crippen LogP contribution is 2.31. The number of fused-ring (bicyclic) bond motifs is 1. The second-order valence-electron chi connectivity index (χ2n) is 7.88. The number of anilines is 1. The first-order valence-corrected chi connectivity index (χ1v) is 11.7. The van der Waals surface area contributed by atoms with Crippen LogP contribution >= 0.6 is 23.1 Å². The minimum Gasteiger partial charge on any atom is -0.465 e. The Morgan fingerprint density at radius 3 is 2.53 bits per heavy atom. The molecule has 0 bridgehead atoms. The third-order valence-corrected chi connectivity index (χ3v) is 5.86. The average molecular weight is 482 g/mol. The van der Waals surface area contributed by atoms with Crippen molar-refractivity contribution in [1.82, 2.24) is 10.3 Å².